The molecule has 9 nitrogen and oxygen atoms in total. The summed E-state index contributed by atoms with van der Waals surface area (Å²) in [5.74, 6) is -0.822. The second-order valence-electron chi connectivity index (χ2n) is 21.9. The van der Waals surface area contributed by atoms with E-state index in [4.69, 9.17) is 24.3 Å². The van der Waals surface area contributed by atoms with E-state index in [1.807, 2.05) is 0 Å². The van der Waals surface area contributed by atoms with Crippen molar-refractivity contribution in [3.05, 3.63) is 109 Å². The summed E-state index contributed by atoms with van der Waals surface area (Å²) in [6.07, 6.45) is 90.2. The number of carbonyl (C=O) groups is 2. The molecule has 81 heavy (non-hydrogen) atoms. The van der Waals surface area contributed by atoms with Gasteiger partial charge >= 0.3 is 19.8 Å². The highest BCUT2D eigenvalue weighted by atomic mass is 31.2. The third kappa shape index (κ3) is 65.7. The van der Waals surface area contributed by atoms with E-state index in [-0.39, 0.29) is 38.6 Å². The lowest BCUT2D eigenvalue weighted by atomic mass is 10.0. The molecule has 0 aliphatic carbocycles. The van der Waals surface area contributed by atoms with Gasteiger partial charge in [-0.25, -0.2) is 4.57 Å². The summed E-state index contributed by atoms with van der Waals surface area (Å²) in [6, 6.07) is 0. The van der Waals surface area contributed by atoms with Crippen molar-refractivity contribution in [3.63, 3.8) is 0 Å². The van der Waals surface area contributed by atoms with E-state index in [0.717, 1.165) is 96.3 Å². The first kappa shape index (κ1) is 77.7. The molecular weight excluding hydrogens is 1030 g/mol. The maximum absolute atomic E-state index is 12.8. The monoisotopic (exact) mass is 1150 g/mol. The number of nitrogens with two attached hydrogens (primary N) is 1. The highest BCUT2D eigenvalue weighted by Crippen LogP contribution is 2.43. The van der Waals surface area contributed by atoms with Gasteiger partial charge in [0.05, 0.1) is 13.2 Å². The molecule has 0 aliphatic rings. The Labute approximate surface area is 499 Å². The van der Waals surface area contributed by atoms with Crippen LogP contribution < -0.4 is 5.73 Å². The second kappa shape index (κ2) is 65.8. The lowest BCUT2D eigenvalue weighted by Gasteiger charge is -2.19. The number of esters is 2. The molecule has 0 aliphatic heterocycles. The van der Waals surface area contributed by atoms with Gasteiger partial charge in [0.2, 0.25) is 0 Å². The fourth-order valence-electron chi connectivity index (χ4n) is 9.30. The molecule has 0 saturated heterocycles. The highest BCUT2D eigenvalue weighted by molar-refractivity contribution is 7.47. The van der Waals surface area contributed by atoms with Crippen LogP contribution in [-0.2, 0) is 32.7 Å². The van der Waals surface area contributed by atoms with Crippen LogP contribution in [0.5, 0.6) is 0 Å². The first-order chi connectivity index (χ1) is 39.8. The van der Waals surface area contributed by atoms with E-state index in [1.54, 1.807) is 0 Å². The molecule has 0 spiro atoms. The SMILES string of the molecule is CC/C=C\C/C=C\C/C=C\C/C=C\C/C=C\CCCCCCCCCCCCCCCCCCCC(=O)OC(COC(=O)CCCCCCCCCCCCCCCC/C=C\C/C=C\C/C=C\C/C=C\CC)COP(=O)(O)OCCN. The highest BCUT2D eigenvalue weighted by Gasteiger charge is 2.26. The Morgan fingerprint density at radius 2 is 0.642 bits per heavy atom. The van der Waals surface area contributed by atoms with E-state index in [0.29, 0.717) is 6.42 Å². The van der Waals surface area contributed by atoms with Crippen LogP contribution in [0.15, 0.2) is 109 Å². The Morgan fingerprint density at radius 1 is 0.370 bits per heavy atom. The van der Waals surface area contributed by atoms with Gasteiger partial charge in [0.25, 0.3) is 0 Å². The van der Waals surface area contributed by atoms with Gasteiger partial charge in [0, 0.05) is 19.4 Å². The van der Waals surface area contributed by atoms with Crippen LogP contribution in [0.4, 0.5) is 0 Å². The first-order valence-electron chi connectivity index (χ1n) is 33.4. The molecule has 0 radical (unpaired) electrons. The minimum Gasteiger partial charge on any atom is -0.462 e. The molecule has 0 saturated carbocycles. The first-order valence-corrected chi connectivity index (χ1v) is 34.9. The quantitative estimate of drug-likeness (QED) is 0.0264. The Morgan fingerprint density at radius 3 is 0.951 bits per heavy atom. The van der Waals surface area contributed by atoms with Gasteiger partial charge in [-0.05, 0) is 96.3 Å². The van der Waals surface area contributed by atoms with Gasteiger partial charge < -0.3 is 20.1 Å². The van der Waals surface area contributed by atoms with Crippen LogP contribution >= 0.6 is 7.82 Å². The van der Waals surface area contributed by atoms with Gasteiger partial charge in [-0.15, -0.1) is 0 Å². The van der Waals surface area contributed by atoms with Crippen LogP contribution in [0.3, 0.4) is 0 Å². The molecule has 3 N–H and O–H groups in total. The van der Waals surface area contributed by atoms with Gasteiger partial charge in [-0.1, -0.05) is 297 Å². The van der Waals surface area contributed by atoms with Gasteiger partial charge in [0.15, 0.2) is 6.10 Å². The molecule has 0 heterocycles. The molecule has 0 amide bonds. The maximum Gasteiger partial charge on any atom is 0.472 e. The number of allylic oxidation sites excluding steroid dienone is 18. The Balaban J connectivity index is 3.89. The molecule has 2 atom stereocenters. The van der Waals surface area contributed by atoms with E-state index < -0.39 is 26.5 Å². The number of ether oxygens (including phenoxy) is 2. The van der Waals surface area contributed by atoms with Gasteiger partial charge in [-0.3, -0.25) is 18.6 Å². The summed E-state index contributed by atoms with van der Waals surface area (Å²) < 4.78 is 33.2. The van der Waals surface area contributed by atoms with Crippen LogP contribution in [-0.4, -0.2) is 49.3 Å². The van der Waals surface area contributed by atoms with Crippen molar-refractivity contribution < 1.29 is 37.6 Å². The van der Waals surface area contributed by atoms with Crippen LogP contribution in [0.25, 0.3) is 0 Å². The summed E-state index contributed by atoms with van der Waals surface area (Å²) in [5.41, 5.74) is 5.40. The van der Waals surface area contributed by atoms with Crippen LogP contribution in [0, 0.1) is 0 Å². The fraction of sp³-hybridized carbons (Fsp3) is 0.718. The van der Waals surface area contributed by atoms with Crippen molar-refractivity contribution in [2.24, 2.45) is 5.73 Å². The Kier molecular flexibility index (Phi) is 63.1. The summed E-state index contributed by atoms with van der Waals surface area (Å²) in [7, 11) is -4.40. The largest absolute Gasteiger partial charge is 0.472 e. The van der Waals surface area contributed by atoms with E-state index in [2.05, 4.69) is 123 Å². The van der Waals surface area contributed by atoms with Crippen molar-refractivity contribution in [3.8, 4) is 0 Å². The lowest BCUT2D eigenvalue weighted by Crippen LogP contribution is -2.29. The zero-order chi connectivity index (χ0) is 58.7. The number of carbonyl (C=O) groups excluding carboxylic acids is 2. The number of unbranched alkanes of at least 4 members (excludes halogenated alkanes) is 31. The molecule has 0 aromatic heterocycles. The molecule has 466 valence electrons. The Bertz CT molecular complexity index is 1690. The summed E-state index contributed by atoms with van der Waals surface area (Å²) in [6.45, 7) is 3.55. The number of hydrogen-bond acceptors (Lipinski definition) is 8. The number of hydrogen-bond donors (Lipinski definition) is 2. The second-order valence-corrected chi connectivity index (χ2v) is 23.4. The van der Waals surface area contributed by atoms with Crippen molar-refractivity contribution in [2.45, 2.75) is 302 Å². The minimum atomic E-state index is -4.40. The normalized spacial score (nSPS) is 13.7. The smallest absolute Gasteiger partial charge is 0.462 e. The molecule has 0 fully saturated rings. The van der Waals surface area contributed by atoms with Crippen LogP contribution in [0.2, 0.25) is 0 Å². The van der Waals surface area contributed by atoms with Crippen molar-refractivity contribution in [2.75, 3.05) is 26.4 Å². The molecular formula is C71H124NO8P. The Hall–Kier alpha value is -3.33. The lowest BCUT2D eigenvalue weighted by molar-refractivity contribution is -0.161. The van der Waals surface area contributed by atoms with E-state index >= 15 is 0 Å². The minimum absolute atomic E-state index is 0.0507. The van der Waals surface area contributed by atoms with E-state index in [1.165, 1.54) is 167 Å². The average Bonchev–Trinajstić information content (AvgIpc) is 3.46. The van der Waals surface area contributed by atoms with E-state index in [9.17, 15) is 19.0 Å². The average molecular weight is 1150 g/mol. The number of phosphoric ester groups is 1. The fourth-order valence-corrected chi connectivity index (χ4v) is 10.1. The molecule has 0 aromatic rings. The predicted octanol–water partition coefficient (Wildman–Crippen LogP) is 21.7. The van der Waals surface area contributed by atoms with Crippen molar-refractivity contribution in [1.29, 1.82) is 0 Å². The molecule has 0 aromatic carbocycles. The third-order valence-corrected chi connectivity index (χ3v) is 15.1. The predicted molar refractivity (Wildman–Crippen MR) is 348 cm³/mol. The van der Waals surface area contributed by atoms with Crippen LogP contribution in [0.1, 0.15) is 296 Å². The van der Waals surface area contributed by atoms with Crippen molar-refractivity contribution in [1.82, 2.24) is 0 Å². The molecule has 0 rings (SSSR count). The number of phosphoric acid groups is 1. The zero-order valence-corrected chi connectivity index (χ0v) is 53.1. The summed E-state index contributed by atoms with van der Waals surface area (Å²) in [4.78, 5) is 35.3. The molecule has 2 unspecified atom stereocenters. The molecule has 0 bridgehead atoms. The topological polar surface area (TPSA) is 134 Å². The summed E-state index contributed by atoms with van der Waals surface area (Å²) >= 11 is 0. The summed E-state index contributed by atoms with van der Waals surface area (Å²) in [5, 5.41) is 0. The van der Waals surface area contributed by atoms with Crippen molar-refractivity contribution >= 4 is 19.8 Å². The number of rotatable bonds is 62. The van der Waals surface area contributed by atoms with Gasteiger partial charge in [-0.2, -0.15) is 0 Å². The maximum atomic E-state index is 12.8. The molecule has 10 heteroatoms. The zero-order valence-electron chi connectivity index (χ0n) is 52.2. The standard InChI is InChI=1S/C71H124NO8P/c1-3-5-7-9-11-13-15-17-19-21-23-25-27-29-31-32-33-34-35-36-38-40-42-44-46-48-50-52-54-56-58-60-62-64-71(74)80-69(68-79-81(75,76)78-66-65-72)67-77-70(73)63-61-59-57-55-53-51-49-47-45-43-41-39-37-30-28-26-24-22-20-18-16-14-12-10-8-6-4-2/h5-8,11-14,17-20,23-26,29,31,69H,3-4,9-10,15-16,21-22,27-28,30,32-68,72H2,1-2H3,(H,75,76)/b7-5-,8-6-,13-11-,14-12-,19-17-,20-18-,25-23-,26-24-,31-29-. The van der Waals surface area contributed by atoms with Gasteiger partial charge in [0.1, 0.15) is 6.61 Å². The third-order valence-electron chi connectivity index (χ3n) is 14.2.